The minimum atomic E-state index is -0.713. The van der Waals surface area contributed by atoms with Gasteiger partial charge in [-0.15, -0.1) is 0 Å². The van der Waals surface area contributed by atoms with Gasteiger partial charge in [-0.1, -0.05) is 22.0 Å². The second kappa shape index (κ2) is 12.5. The predicted molar refractivity (Wildman–Crippen MR) is 132 cm³/mol. The van der Waals surface area contributed by atoms with Crippen molar-refractivity contribution in [2.75, 3.05) is 40.5 Å². The highest BCUT2D eigenvalue weighted by atomic mass is 79.9. The number of ether oxygens (including phenoxy) is 2. The van der Waals surface area contributed by atoms with E-state index >= 15 is 0 Å². The van der Waals surface area contributed by atoms with E-state index in [1.807, 2.05) is 12.1 Å². The van der Waals surface area contributed by atoms with Crippen LogP contribution in [0.4, 0.5) is 0 Å². The normalized spacial score (nSPS) is 14.9. The molecule has 0 aromatic heterocycles. The number of nitrogens with one attached hydrogen (secondary N) is 2. The maximum atomic E-state index is 13.0. The molecule has 1 aliphatic rings. The van der Waals surface area contributed by atoms with Crippen LogP contribution in [0, 0.1) is 5.92 Å². The Balaban J connectivity index is 1.67. The summed E-state index contributed by atoms with van der Waals surface area (Å²) in [6, 6.07) is 13.3. The van der Waals surface area contributed by atoms with Gasteiger partial charge >= 0.3 is 0 Å². The number of rotatable bonds is 9. The van der Waals surface area contributed by atoms with Crippen LogP contribution in [-0.4, -0.2) is 69.1 Å². The van der Waals surface area contributed by atoms with E-state index in [-0.39, 0.29) is 23.6 Å². The topological polar surface area (TPSA) is 97.0 Å². The molecule has 3 rings (SSSR count). The van der Waals surface area contributed by atoms with Gasteiger partial charge in [-0.25, -0.2) is 0 Å². The standard InChI is InChI=1S/C25H30BrN3O5/c1-33-15-12-27-24(31)22(28-23(30)18-6-8-21(34-2)9-7-18)17-10-13-29(14-11-17)25(32)19-4-3-5-20(26)16-19/h3-9,16-17,22H,10-15H2,1-2H3,(H,27,31)(H,28,30). The summed E-state index contributed by atoms with van der Waals surface area (Å²) in [6.07, 6.45) is 1.20. The van der Waals surface area contributed by atoms with Crippen molar-refractivity contribution in [2.45, 2.75) is 18.9 Å². The number of likely N-dealkylation sites (tertiary alicyclic amines) is 1. The van der Waals surface area contributed by atoms with Crippen LogP contribution in [0.5, 0.6) is 5.75 Å². The second-order valence-electron chi connectivity index (χ2n) is 8.10. The summed E-state index contributed by atoms with van der Waals surface area (Å²) in [6.45, 7) is 1.75. The molecule has 3 amide bonds. The van der Waals surface area contributed by atoms with Crippen LogP contribution in [0.1, 0.15) is 33.6 Å². The van der Waals surface area contributed by atoms with Crippen LogP contribution in [0.2, 0.25) is 0 Å². The van der Waals surface area contributed by atoms with E-state index in [2.05, 4.69) is 26.6 Å². The van der Waals surface area contributed by atoms with Gasteiger partial charge in [-0.05, 0) is 61.2 Å². The van der Waals surface area contributed by atoms with Crippen LogP contribution in [0.3, 0.4) is 0 Å². The summed E-state index contributed by atoms with van der Waals surface area (Å²) in [5, 5.41) is 5.75. The highest BCUT2D eigenvalue weighted by Crippen LogP contribution is 2.24. The number of carbonyl (C=O) groups is 3. The summed E-state index contributed by atoms with van der Waals surface area (Å²) in [7, 11) is 3.12. The number of carbonyl (C=O) groups excluding carboxylic acids is 3. The Hall–Kier alpha value is -2.91. The molecule has 0 saturated carbocycles. The lowest BCUT2D eigenvalue weighted by Crippen LogP contribution is -2.54. The highest BCUT2D eigenvalue weighted by molar-refractivity contribution is 9.10. The number of nitrogens with zero attached hydrogens (tertiary/aromatic N) is 1. The first-order chi connectivity index (χ1) is 16.4. The molecule has 1 heterocycles. The van der Waals surface area contributed by atoms with Gasteiger partial charge in [0.25, 0.3) is 11.8 Å². The number of hydrogen-bond donors (Lipinski definition) is 2. The van der Waals surface area contributed by atoms with E-state index in [0.29, 0.717) is 56.0 Å². The maximum absolute atomic E-state index is 13.0. The summed E-state index contributed by atoms with van der Waals surface area (Å²) in [5.74, 6) is -0.0785. The Morgan fingerprint density at radius 2 is 1.76 bits per heavy atom. The maximum Gasteiger partial charge on any atom is 0.253 e. The number of methoxy groups -OCH3 is 2. The summed E-state index contributed by atoms with van der Waals surface area (Å²) in [4.78, 5) is 40.5. The zero-order chi connectivity index (χ0) is 24.5. The summed E-state index contributed by atoms with van der Waals surface area (Å²) >= 11 is 3.40. The zero-order valence-corrected chi connectivity index (χ0v) is 21.0. The predicted octanol–water partition coefficient (Wildman–Crippen LogP) is 2.87. The van der Waals surface area contributed by atoms with Crippen molar-refractivity contribution >= 4 is 33.7 Å². The molecule has 0 spiro atoms. The minimum Gasteiger partial charge on any atom is -0.497 e. The molecule has 1 aliphatic heterocycles. The second-order valence-corrected chi connectivity index (χ2v) is 9.02. The number of halogens is 1. The van der Waals surface area contributed by atoms with Crippen molar-refractivity contribution in [1.29, 1.82) is 0 Å². The fourth-order valence-electron chi connectivity index (χ4n) is 3.99. The molecule has 182 valence electrons. The van der Waals surface area contributed by atoms with Gasteiger partial charge in [0.2, 0.25) is 5.91 Å². The first kappa shape index (κ1) is 25.7. The van der Waals surface area contributed by atoms with E-state index in [1.54, 1.807) is 55.5 Å². The molecular weight excluding hydrogens is 502 g/mol. The lowest BCUT2D eigenvalue weighted by atomic mass is 9.88. The van der Waals surface area contributed by atoms with Crippen LogP contribution >= 0.6 is 15.9 Å². The van der Waals surface area contributed by atoms with Crippen molar-refractivity contribution < 1.29 is 23.9 Å². The lowest BCUT2D eigenvalue weighted by Gasteiger charge is -2.36. The smallest absolute Gasteiger partial charge is 0.253 e. The third kappa shape index (κ3) is 6.80. The molecule has 0 radical (unpaired) electrons. The first-order valence-corrected chi connectivity index (χ1v) is 12.0. The molecule has 9 heteroatoms. The quantitative estimate of drug-likeness (QED) is 0.485. The average Bonchev–Trinajstić information content (AvgIpc) is 2.87. The minimum absolute atomic E-state index is 0.0388. The SMILES string of the molecule is COCCNC(=O)C(NC(=O)c1ccc(OC)cc1)C1CCN(C(=O)c2cccc(Br)c2)CC1. The Morgan fingerprint density at radius 3 is 2.38 bits per heavy atom. The third-order valence-corrected chi connectivity index (χ3v) is 6.39. The molecule has 2 N–H and O–H groups in total. The van der Waals surface area contributed by atoms with Crippen molar-refractivity contribution in [2.24, 2.45) is 5.92 Å². The van der Waals surface area contributed by atoms with Gasteiger partial charge in [-0.3, -0.25) is 14.4 Å². The Kier molecular flexibility index (Phi) is 9.47. The van der Waals surface area contributed by atoms with Crippen LogP contribution in [0.15, 0.2) is 53.0 Å². The van der Waals surface area contributed by atoms with Gasteiger partial charge in [0, 0.05) is 42.3 Å². The number of piperidine rings is 1. The van der Waals surface area contributed by atoms with E-state index in [4.69, 9.17) is 9.47 Å². The van der Waals surface area contributed by atoms with Gasteiger partial charge in [0.1, 0.15) is 11.8 Å². The fraction of sp³-hybridized carbons (Fsp3) is 0.400. The van der Waals surface area contributed by atoms with Gasteiger partial charge in [0.05, 0.1) is 13.7 Å². The Labute approximate surface area is 208 Å². The van der Waals surface area contributed by atoms with Crippen LogP contribution in [-0.2, 0) is 9.53 Å². The molecule has 8 nitrogen and oxygen atoms in total. The number of hydrogen-bond acceptors (Lipinski definition) is 5. The molecule has 2 aromatic carbocycles. The molecular formula is C25H30BrN3O5. The molecule has 34 heavy (non-hydrogen) atoms. The van der Waals surface area contributed by atoms with Crippen molar-refractivity contribution in [3.63, 3.8) is 0 Å². The summed E-state index contributed by atoms with van der Waals surface area (Å²) < 4.78 is 11.0. The highest BCUT2D eigenvalue weighted by Gasteiger charge is 2.34. The molecule has 1 atom stereocenters. The summed E-state index contributed by atoms with van der Waals surface area (Å²) in [5.41, 5.74) is 1.06. The van der Waals surface area contributed by atoms with Gasteiger partial charge in [-0.2, -0.15) is 0 Å². The largest absolute Gasteiger partial charge is 0.497 e. The molecule has 1 fully saturated rings. The zero-order valence-electron chi connectivity index (χ0n) is 19.4. The third-order valence-electron chi connectivity index (χ3n) is 5.90. The monoisotopic (exact) mass is 531 g/mol. The van der Waals surface area contributed by atoms with Gasteiger partial charge < -0.3 is 25.0 Å². The Morgan fingerprint density at radius 1 is 1.06 bits per heavy atom. The lowest BCUT2D eigenvalue weighted by molar-refractivity contribution is -0.124. The van der Waals surface area contributed by atoms with E-state index in [1.165, 1.54) is 0 Å². The first-order valence-electron chi connectivity index (χ1n) is 11.2. The molecule has 1 unspecified atom stereocenters. The molecule has 0 aliphatic carbocycles. The Bertz CT molecular complexity index is 990. The molecule has 1 saturated heterocycles. The van der Waals surface area contributed by atoms with Crippen LogP contribution < -0.4 is 15.4 Å². The number of amides is 3. The van der Waals surface area contributed by atoms with E-state index in [0.717, 1.165) is 4.47 Å². The molecule has 2 aromatic rings. The van der Waals surface area contributed by atoms with Crippen molar-refractivity contribution in [3.8, 4) is 5.75 Å². The van der Waals surface area contributed by atoms with Crippen LogP contribution in [0.25, 0.3) is 0 Å². The average molecular weight is 532 g/mol. The van der Waals surface area contributed by atoms with E-state index < -0.39 is 6.04 Å². The molecule has 0 bridgehead atoms. The van der Waals surface area contributed by atoms with Crippen molar-refractivity contribution in [3.05, 3.63) is 64.1 Å². The number of benzene rings is 2. The van der Waals surface area contributed by atoms with Gasteiger partial charge in [0.15, 0.2) is 0 Å². The fourth-order valence-corrected chi connectivity index (χ4v) is 4.39. The van der Waals surface area contributed by atoms with E-state index in [9.17, 15) is 14.4 Å². The van der Waals surface area contributed by atoms with Crippen molar-refractivity contribution in [1.82, 2.24) is 15.5 Å².